The number of hydrogen-bond acceptors (Lipinski definition) is 4. The zero-order valence-corrected chi connectivity index (χ0v) is 12.5. The number of aliphatic hydroxyl groups excluding tert-OH is 1. The van der Waals surface area contributed by atoms with Crippen LogP contribution >= 0.6 is 0 Å². The van der Waals surface area contributed by atoms with Crippen molar-refractivity contribution in [1.82, 2.24) is 10.2 Å². The molecule has 2 rings (SSSR count). The Balaban J connectivity index is 1.89. The van der Waals surface area contributed by atoms with Crippen LogP contribution in [-0.2, 0) is 9.59 Å². The van der Waals surface area contributed by atoms with E-state index in [0.717, 1.165) is 51.5 Å². The van der Waals surface area contributed by atoms with Crippen molar-refractivity contribution >= 4 is 11.9 Å². The molecule has 0 bridgehead atoms. The molecule has 1 heterocycles. The molecule has 6 nitrogen and oxygen atoms in total. The van der Waals surface area contributed by atoms with Crippen LogP contribution in [0.5, 0.6) is 0 Å². The highest BCUT2D eigenvalue weighted by Gasteiger charge is 2.36. The average Bonchev–Trinajstić information content (AvgIpc) is 2.38. The number of carbonyl (C=O) groups is 2. The van der Waals surface area contributed by atoms with Crippen LogP contribution in [0, 0.1) is 0 Å². The largest absolute Gasteiger partial charge is 0.481 e. The molecule has 1 saturated carbocycles. The maximum absolute atomic E-state index is 12.2. The topological polar surface area (TPSA) is 89.9 Å². The Morgan fingerprint density at radius 2 is 1.90 bits per heavy atom. The Morgan fingerprint density at radius 1 is 1.19 bits per heavy atom. The number of carbonyl (C=O) groups excluding carboxylic acids is 1. The standard InChI is InChI=1S/C15H26N2O4/c18-12-5-4-8-17(10-12)11-13(19)16-15(9-14(20)21)6-2-1-3-7-15/h12,18H,1-11H2,(H,16,19)(H,20,21). The molecule has 1 unspecified atom stereocenters. The fraction of sp³-hybridized carbons (Fsp3) is 0.867. The van der Waals surface area contributed by atoms with E-state index in [1.807, 2.05) is 4.90 Å². The van der Waals surface area contributed by atoms with Crippen molar-refractivity contribution in [3.05, 3.63) is 0 Å². The zero-order chi connectivity index (χ0) is 15.3. The minimum atomic E-state index is -0.856. The highest BCUT2D eigenvalue weighted by atomic mass is 16.4. The van der Waals surface area contributed by atoms with Gasteiger partial charge >= 0.3 is 5.97 Å². The molecule has 3 N–H and O–H groups in total. The van der Waals surface area contributed by atoms with Crippen molar-refractivity contribution in [3.63, 3.8) is 0 Å². The summed E-state index contributed by atoms with van der Waals surface area (Å²) in [6.07, 6.45) is 5.87. The maximum atomic E-state index is 12.2. The monoisotopic (exact) mass is 298 g/mol. The number of rotatable bonds is 5. The first-order chi connectivity index (χ1) is 9.99. The van der Waals surface area contributed by atoms with E-state index in [1.165, 1.54) is 0 Å². The van der Waals surface area contributed by atoms with E-state index in [9.17, 15) is 14.7 Å². The van der Waals surface area contributed by atoms with Gasteiger partial charge in [-0.15, -0.1) is 0 Å². The van der Waals surface area contributed by atoms with Crippen molar-refractivity contribution < 1.29 is 19.8 Å². The molecular formula is C15H26N2O4. The summed E-state index contributed by atoms with van der Waals surface area (Å²) in [6.45, 7) is 1.59. The van der Waals surface area contributed by atoms with Crippen molar-refractivity contribution in [3.8, 4) is 0 Å². The summed E-state index contributed by atoms with van der Waals surface area (Å²) < 4.78 is 0. The van der Waals surface area contributed by atoms with E-state index in [2.05, 4.69) is 5.32 Å². The molecule has 0 aromatic heterocycles. The molecule has 2 fully saturated rings. The third-order valence-electron chi connectivity index (χ3n) is 4.55. The van der Waals surface area contributed by atoms with Gasteiger partial charge in [0.05, 0.1) is 24.6 Å². The minimum Gasteiger partial charge on any atom is -0.481 e. The second-order valence-corrected chi connectivity index (χ2v) is 6.49. The summed E-state index contributed by atoms with van der Waals surface area (Å²) in [5.41, 5.74) is -0.574. The fourth-order valence-corrected chi connectivity index (χ4v) is 3.58. The second-order valence-electron chi connectivity index (χ2n) is 6.49. The summed E-state index contributed by atoms with van der Waals surface area (Å²) in [5.74, 6) is -0.974. The summed E-state index contributed by atoms with van der Waals surface area (Å²) in [6, 6.07) is 0. The first-order valence-corrected chi connectivity index (χ1v) is 7.92. The normalized spacial score (nSPS) is 26.2. The molecule has 1 atom stereocenters. The number of amides is 1. The van der Waals surface area contributed by atoms with E-state index in [4.69, 9.17) is 5.11 Å². The maximum Gasteiger partial charge on any atom is 0.305 e. The number of piperidine rings is 1. The highest BCUT2D eigenvalue weighted by Crippen LogP contribution is 2.31. The number of nitrogens with zero attached hydrogens (tertiary/aromatic N) is 1. The average molecular weight is 298 g/mol. The molecule has 1 amide bonds. The van der Waals surface area contributed by atoms with Crippen LogP contribution in [0.2, 0.25) is 0 Å². The van der Waals surface area contributed by atoms with E-state index in [0.29, 0.717) is 6.54 Å². The third-order valence-corrected chi connectivity index (χ3v) is 4.55. The molecule has 0 aromatic rings. The number of β-amino-alcohol motifs (C(OH)–C–C–N with tert-alkyl or cyclic N) is 1. The van der Waals surface area contributed by atoms with Crippen molar-refractivity contribution in [2.75, 3.05) is 19.6 Å². The summed E-state index contributed by atoms with van der Waals surface area (Å²) >= 11 is 0. The van der Waals surface area contributed by atoms with Crippen LogP contribution in [0.25, 0.3) is 0 Å². The number of likely N-dealkylation sites (tertiary alicyclic amines) is 1. The van der Waals surface area contributed by atoms with E-state index in [-0.39, 0.29) is 25.0 Å². The quantitative estimate of drug-likeness (QED) is 0.696. The Labute approximate surface area is 125 Å². The van der Waals surface area contributed by atoms with Gasteiger partial charge in [-0.25, -0.2) is 0 Å². The van der Waals surface area contributed by atoms with Crippen molar-refractivity contribution in [2.45, 2.75) is 63.0 Å². The first-order valence-electron chi connectivity index (χ1n) is 7.92. The number of carboxylic acids is 1. The number of aliphatic hydroxyl groups is 1. The van der Waals surface area contributed by atoms with Crippen molar-refractivity contribution in [1.29, 1.82) is 0 Å². The molecule has 21 heavy (non-hydrogen) atoms. The van der Waals surface area contributed by atoms with Gasteiger partial charge in [-0.05, 0) is 32.2 Å². The van der Waals surface area contributed by atoms with E-state index < -0.39 is 11.5 Å². The lowest BCUT2D eigenvalue weighted by molar-refractivity contribution is -0.139. The predicted molar refractivity (Wildman–Crippen MR) is 77.9 cm³/mol. The molecule has 0 radical (unpaired) electrons. The molecule has 1 aliphatic heterocycles. The van der Waals surface area contributed by atoms with Gasteiger partial charge in [0.25, 0.3) is 0 Å². The lowest BCUT2D eigenvalue weighted by atomic mass is 9.79. The Morgan fingerprint density at radius 3 is 2.52 bits per heavy atom. The van der Waals surface area contributed by atoms with Gasteiger partial charge in [-0.1, -0.05) is 19.3 Å². The highest BCUT2D eigenvalue weighted by molar-refractivity contribution is 5.80. The Bertz CT molecular complexity index is 380. The van der Waals surface area contributed by atoms with Crippen LogP contribution in [-0.4, -0.2) is 58.3 Å². The summed E-state index contributed by atoms with van der Waals surface area (Å²) in [5, 5.41) is 21.7. The minimum absolute atomic E-state index is 0.00135. The lowest BCUT2D eigenvalue weighted by Gasteiger charge is -2.38. The molecule has 1 aliphatic carbocycles. The first kappa shape index (κ1) is 16.2. The van der Waals surface area contributed by atoms with Crippen molar-refractivity contribution in [2.24, 2.45) is 0 Å². The SMILES string of the molecule is O=C(O)CC1(NC(=O)CN2CCCC(O)C2)CCCCC1. The third kappa shape index (κ3) is 4.97. The number of nitrogens with one attached hydrogen (secondary N) is 1. The van der Waals surface area contributed by atoms with Crippen LogP contribution in [0.4, 0.5) is 0 Å². The van der Waals surface area contributed by atoms with E-state index in [1.54, 1.807) is 0 Å². The molecule has 6 heteroatoms. The van der Waals surface area contributed by atoms with Crippen LogP contribution in [0.3, 0.4) is 0 Å². The van der Waals surface area contributed by atoms with Crippen LogP contribution in [0.1, 0.15) is 51.4 Å². The summed E-state index contributed by atoms with van der Waals surface area (Å²) in [7, 11) is 0. The second kappa shape index (κ2) is 7.22. The summed E-state index contributed by atoms with van der Waals surface area (Å²) in [4.78, 5) is 25.3. The molecule has 2 aliphatic rings. The Kier molecular flexibility index (Phi) is 5.58. The molecule has 0 spiro atoms. The Hall–Kier alpha value is -1.14. The van der Waals surface area contributed by atoms with Crippen LogP contribution < -0.4 is 5.32 Å². The van der Waals surface area contributed by atoms with E-state index >= 15 is 0 Å². The number of aliphatic carboxylic acids is 1. The van der Waals surface area contributed by atoms with Gasteiger partial charge in [0.2, 0.25) is 5.91 Å². The van der Waals surface area contributed by atoms with Crippen LogP contribution in [0.15, 0.2) is 0 Å². The molecule has 1 saturated heterocycles. The molecule has 0 aromatic carbocycles. The predicted octanol–water partition coefficient (Wildman–Crippen LogP) is 0.737. The van der Waals surface area contributed by atoms with Gasteiger partial charge in [0.15, 0.2) is 0 Å². The molecular weight excluding hydrogens is 272 g/mol. The number of hydrogen-bond donors (Lipinski definition) is 3. The van der Waals surface area contributed by atoms with Gasteiger partial charge < -0.3 is 15.5 Å². The zero-order valence-electron chi connectivity index (χ0n) is 12.5. The molecule has 120 valence electrons. The van der Waals surface area contributed by atoms with Gasteiger partial charge in [0, 0.05) is 6.54 Å². The lowest BCUT2D eigenvalue weighted by Crippen LogP contribution is -2.54. The van der Waals surface area contributed by atoms with Gasteiger partial charge in [-0.3, -0.25) is 14.5 Å². The number of carboxylic acid groups (broad SMARTS) is 1. The van der Waals surface area contributed by atoms with Gasteiger partial charge in [-0.2, -0.15) is 0 Å². The fourth-order valence-electron chi connectivity index (χ4n) is 3.58. The smallest absolute Gasteiger partial charge is 0.305 e. The van der Waals surface area contributed by atoms with Gasteiger partial charge in [0.1, 0.15) is 0 Å².